The summed E-state index contributed by atoms with van der Waals surface area (Å²) in [4.78, 5) is 11.3. The molecule has 16 heavy (non-hydrogen) atoms. The van der Waals surface area contributed by atoms with Crippen molar-refractivity contribution in [1.29, 1.82) is 0 Å². The summed E-state index contributed by atoms with van der Waals surface area (Å²) in [5.74, 6) is -0.0152. The molecule has 0 aromatic heterocycles. The third-order valence-electron chi connectivity index (χ3n) is 3.88. The molecule has 1 aliphatic rings. The first kappa shape index (κ1) is 13.5. The van der Waals surface area contributed by atoms with E-state index in [1.165, 1.54) is 0 Å². The Morgan fingerprint density at radius 2 is 1.94 bits per heavy atom. The Hall–Kier alpha value is -0.530. The highest BCUT2D eigenvalue weighted by atomic mass is 16.5. The van der Waals surface area contributed by atoms with Crippen LogP contribution in [0.5, 0.6) is 0 Å². The van der Waals surface area contributed by atoms with E-state index in [2.05, 4.69) is 34.6 Å². The highest BCUT2D eigenvalue weighted by molar-refractivity contribution is 5.70. The smallest absolute Gasteiger partial charge is 0.306 e. The van der Waals surface area contributed by atoms with Gasteiger partial charge in [0.2, 0.25) is 0 Å². The highest BCUT2D eigenvalue weighted by Gasteiger charge is 2.38. The number of hydrogen-bond acceptors (Lipinski definition) is 2. The standard InChI is InChI=1S/C14H26O2/c1-6-13(2,3)10-14(4,5)11-8-7-9-12(15)16-11/h11H,6-10H2,1-5H3. The second-order valence-electron chi connectivity index (χ2n) is 6.55. The average molecular weight is 226 g/mol. The van der Waals surface area contributed by atoms with E-state index in [0.717, 1.165) is 25.7 Å². The van der Waals surface area contributed by atoms with Crippen molar-refractivity contribution in [2.75, 3.05) is 0 Å². The number of cyclic esters (lactones) is 1. The van der Waals surface area contributed by atoms with Gasteiger partial charge < -0.3 is 4.74 Å². The normalized spacial score (nSPS) is 23.1. The zero-order chi connectivity index (χ0) is 12.4. The monoisotopic (exact) mass is 226 g/mol. The SMILES string of the molecule is CCC(C)(C)CC(C)(C)C1CCCC(=O)O1. The van der Waals surface area contributed by atoms with Crippen LogP contribution in [-0.4, -0.2) is 12.1 Å². The van der Waals surface area contributed by atoms with Gasteiger partial charge in [0.1, 0.15) is 6.10 Å². The lowest BCUT2D eigenvalue weighted by atomic mass is 9.69. The first-order chi connectivity index (χ1) is 7.27. The van der Waals surface area contributed by atoms with Crippen molar-refractivity contribution < 1.29 is 9.53 Å². The maximum atomic E-state index is 11.3. The first-order valence-electron chi connectivity index (χ1n) is 6.46. The summed E-state index contributed by atoms with van der Waals surface area (Å²) in [6.45, 7) is 11.3. The average Bonchev–Trinajstić information content (AvgIpc) is 2.16. The highest BCUT2D eigenvalue weighted by Crippen LogP contribution is 2.41. The second-order valence-corrected chi connectivity index (χ2v) is 6.55. The maximum absolute atomic E-state index is 11.3. The molecule has 0 N–H and O–H groups in total. The Labute approximate surface area is 99.8 Å². The van der Waals surface area contributed by atoms with Gasteiger partial charge in [0, 0.05) is 11.8 Å². The molecule has 1 fully saturated rings. The van der Waals surface area contributed by atoms with Crippen LogP contribution >= 0.6 is 0 Å². The quantitative estimate of drug-likeness (QED) is 0.679. The van der Waals surface area contributed by atoms with Crippen LogP contribution in [0.2, 0.25) is 0 Å². The zero-order valence-electron chi connectivity index (χ0n) is 11.4. The van der Waals surface area contributed by atoms with Crippen molar-refractivity contribution in [2.45, 2.75) is 72.8 Å². The maximum Gasteiger partial charge on any atom is 0.306 e. The molecule has 1 heterocycles. The Morgan fingerprint density at radius 3 is 2.44 bits per heavy atom. The van der Waals surface area contributed by atoms with Crippen LogP contribution in [0.1, 0.15) is 66.7 Å². The topological polar surface area (TPSA) is 26.3 Å². The van der Waals surface area contributed by atoms with Crippen LogP contribution in [0.25, 0.3) is 0 Å². The number of carbonyl (C=O) groups excluding carboxylic acids is 1. The predicted octanol–water partition coefficient (Wildman–Crippen LogP) is 3.93. The van der Waals surface area contributed by atoms with E-state index in [0.29, 0.717) is 11.8 Å². The molecule has 94 valence electrons. The minimum Gasteiger partial charge on any atom is -0.462 e. The fraction of sp³-hybridized carbons (Fsp3) is 0.929. The van der Waals surface area contributed by atoms with Crippen LogP contribution in [0.3, 0.4) is 0 Å². The van der Waals surface area contributed by atoms with Crippen molar-refractivity contribution in [2.24, 2.45) is 10.8 Å². The summed E-state index contributed by atoms with van der Waals surface area (Å²) in [5.41, 5.74) is 0.420. The van der Waals surface area contributed by atoms with Crippen LogP contribution in [0.4, 0.5) is 0 Å². The molecule has 1 rings (SSSR count). The van der Waals surface area contributed by atoms with Crippen LogP contribution in [-0.2, 0) is 9.53 Å². The lowest BCUT2D eigenvalue weighted by Crippen LogP contribution is -2.39. The van der Waals surface area contributed by atoms with E-state index in [1.807, 2.05) is 0 Å². The van der Waals surface area contributed by atoms with Gasteiger partial charge in [-0.3, -0.25) is 4.79 Å². The molecule has 0 aromatic carbocycles. The van der Waals surface area contributed by atoms with E-state index in [-0.39, 0.29) is 17.5 Å². The van der Waals surface area contributed by atoms with Gasteiger partial charge in [0.25, 0.3) is 0 Å². The zero-order valence-corrected chi connectivity index (χ0v) is 11.4. The van der Waals surface area contributed by atoms with Crippen molar-refractivity contribution in [1.82, 2.24) is 0 Å². The number of rotatable bonds is 4. The van der Waals surface area contributed by atoms with Crippen LogP contribution in [0, 0.1) is 10.8 Å². The Balaban J connectivity index is 2.65. The molecule has 0 aliphatic carbocycles. The van der Waals surface area contributed by atoms with Crippen molar-refractivity contribution in [3.8, 4) is 0 Å². The van der Waals surface area contributed by atoms with Gasteiger partial charge in [-0.25, -0.2) is 0 Å². The summed E-state index contributed by atoms with van der Waals surface area (Å²) in [7, 11) is 0. The van der Waals surface area contributed by atoms with Gasteiger partial charge in [0.05, 0.1) is 0 Å². The molecule has 0 aromatic rings. The molecule has 1 aliphatic heterocycles. The molecule has 0 bridgehead atoms. The minimum atomic E-state index is -0.0152. The molecule has 2 nitrogen and oxygen atoms in total. The summed E-state index contributed by atoms with van der Waals surface area (Å²) in [6, 6.07) is 0. The Morgan fingerprint density at radius 1 is 1.31 bits per heavy atom. The third kappa shape index (κ3) is 3.50. The van der Waals surface area contributed by atoms with E-state index in [4.69, 9.17) is 4.74 Å². The number of carbonyl (C=O) groups is 1. The lowest BCUT2D eigenvalue weighted by Gasteiger charge is -2.41. The predicted molar refractivity (Wildman–Crippen MR) is 66.2 cm³/mol. The molecule has 1 unspecified atom stereocenters. The molecule has 2 heteroatoms. The second kappa shape index (κ2) is 4.77. The van der Waals surface area contributed by atoms with E-state index >= 15 is 0 Å². The molecular weight excluding hydrogens is 200 g/mol. The van der Waals surface area contributed by atoms with Crippen LogP contribution < -0.4 is 0 Å². The first-order valence-corrected chi connectivity index (χ1v) is 6.46. The van der Waals surface area contributed by atoms with Crippen molar-refractivity contribution in [3.63, 3.8) is 0 Å². The Kier molecular flexibility index (Phi) is 4.03. The summed E-state index contributed by atoms with van der Waals surface area (Å²) in [5, 5.41) is 0. The largest absolute Gasteiger partial charge is 0.462 e. The molecule has 0 radical (unpaired) electrons. The third-order valence-corrected chi connectivity index (χ3v) is 3.88. The summed E-state index contributed by atoms with van der Waals surface area (Å²) >= 11 is 0. The van der Waals surface area contributed by atoms with E-state index in [9.17, 15) is 4.79 Å². The fourth-order valence-corrected chi connectivity index (χ4v) is 2.73. The fourth-order valence-electron chi connectivity index (χ4n) is 2.73. The molecular formula is C14H26O2. The molecule has 1 saturated heterocycles. The van der Waals surface area contributed by atoms with Gasteiger partial charge in [-0.2, -0.15) is 0 Å². The summed E-state index contributed by atoms with van der Waals surface area (Å²) < 4.78 is 5.50. The number of hydrogen-bond donors (Lipinski definition) is 0. The molecule has 0 spiro atoms. The Bertz CT molecular complexity index is 253. The lowest BCUT2D eigenvalue weighted by molar-refractivity contribution is -0.162. The van der Waals surface area contributed by atoms with E-state index in [1.54, 1.807) is 0 Å². The van der Waals surface area contributed by atoms with E-state index < -0.39 is 0 Å². The summed E-state index contributed by atoms with van der Waals surface area (Å²) in [6.07, 6.45) is 4.99. The van der Waals surface area contributed by atoms with Gasteiger partial charge >= 0.3 is 5.97 Å². The molecule has 0 saturated carbocycles. The number of ether oxygens (including phenoxy) is 1. The molecule has 1 atom stereocenters. The van der Waals surface area contributed by atoms with Crippen molar-refractivity contribution in [3.05, 3.63) is 0 Å². The van der Waals surface area contributed by atoms with Crippen molar-refractivity contribution >= 4 is 5.97 Å². The van der Waals surface area contributed by atoms with Gasteiger partial charge in [-0.15, -0.1) is 0 Å². The number of esters is 1. The van der Waals surface area contributed by atoms with Gasteiger partial charge in [0.15, 0.2) is 0 Å². The van der Waals surface area contributed by atoms with Gasteiger partial charge in [-0.1, -0.05) is 41.0 Å². The molecule has 0 amide bonds. The van der Waals surface area contributed by atoms with Crippen LogP contribution in [0.15, 0.2) is 0 Å². The van der Waals surface area contributed by atoms with Gasteiger partial charge in [-0.05, 0) is 24.7 Å². The minimum absolute atomic E-state index is 0.0152.